The van der Waals surface area contributed by atoms with Crippen molar-refractivity contribution >= 4 is 20.6 Å². The molecule has 10 heteroatoms. The van der Waals surface area contributed by atoms with Gasteiger partial charge in [0, 0.05) is 0 Å². The third-order valence-electron chi connectivity index (χ3n) is 8.40. The van der Waals surface area contributed by atoms with Gasteiger partial charge in [-0.2, -0.15) is 22.0 Å². The fourth-order valence-electron chi connectivity index (χ4n) is 7.01. The van der Waals surface area contributed by atoms with E-state index in [2.05, 4.69) is 13.0 Å². The smallest absolute Gasteiger partial charge is 0.371 e. The first-order valence-corrected chi connectivity index (χ1v) is 14.4. The van der Waals surface area contributed by atoms with Crippen molar-refractivity contribution in [3.05, 3.63) is 28.8 Å². The molecule has 0 amide bonds. The Morgan fingerprint density at radius 1 is 1.06 bits per heavy atom. The number of rotatable bonds is 7. The van der Waals surface area contributed by atoms with Crippen LogP contribution in [0.25, 0.3) is 0 Å². The minimum atomic E-state index is -4.06. The molecule has 1 aromatic carbocycles. The Hall–Kier alpha value is -1.20. The Morgan fingerprint density at radius 3 is 2.47 bits per heavy atom. The maximum Gasteiger partial charge on any atom is 0.380 e. The van der Waals surface area contributed by atoms with E-state index < -0.39 is 20.6 Å². The van der Waals surface area contributed by atoms with E-state index in [9.17, 15) is 16.8 Å². The number of hydrogen-bond donors (Lipinski definition) is 2. The summed E-state index contributed by atoms with van der Waals surface area (Å²) in [6.07, 6.45) is 7.76. The number of nitrogens with two attached hydrogens (primary N) is 2. The molecular weight excluding hydrogens is 452 g/mol. The van der Waals surface area contributed by atoms with Crippen LogP contribution in [0, 0.1) is 23.2 Å². The van der Waals surface area contributed by atoms with Gasteiger partial charge in [0.25, 0.3) is 0 Å². The van der Waals surface area contributed by atoms with E-state index >= 15 is 0 Å². The van der Waals surface area contributed by atoms with Crippen LogP contribution in [0.3, 0.4) is 0 Å². The Kier molecular flexibility index (Phi) is 6.39. The van der Waals surface area contributed by atoms with Crippen molar-refractivity contribution in [3.63, 3.8) is 0 Å². The summed E-state index contributed by atoms with van der Waals surface area (Å²) in [5.41, 5.74) is 3.56. The SMILES string of the molecule is CCc1cc2c(cc1OS(N)(=O)=O)CCC1C2CC[C@@]2(C)C1CC[C@@H]2CCOS(N)(=O)=O. The van der Waals surface area contributed by atoms with Crippen molar-refractivity contribution in [3.8, 4) is 5.75 Å². The van der Waals surface area contributed by atoms with Gasteiger partial charge in [0.15, 0.2) is 0 Å². The minimum Gasteiger partial charge on any atom is -0.371 e. The lowest BCUT2D eigenvalue weighted by Crippen LogP contribution is -2.42. The van der Waals surface area contributed by atoms with E-state index in [1.807, 2.05) is 13.0 Å². The first-order valence-electron chi connectivity index (χ1n) is 11.5. The maximum atomic E-state index is 11.5. The molecule has 0 spiro atoms. The first-order chi connectivity index (χ1) is 14.9. The van der Waals surface area contributed by atoms with Gasteiger partial charge in [-0.25, -0.2) is 5.14 Å². The van der Waals surface area contributed by atoms with Crippen LogP contribution in [0.1, 0.15) is 75.0 Å². The second kappa shape index (κ2) is 8.54. The molecule has 5 atom stereocenters. The Bertz CT molecular complexity index is 1090. The fourth-order valence-corrected chi connectivity index (χ4v) is 7.75. The van der Waals surface area contributed by atoms with Crippen molar-refractivity contribution in [1.29, 1.82) is 0 Å². The van der Waals surface area contributed by atoms with Crippen LogP contribution in [0.2, 0.25) is 0 Å². The van der Waals surface area contributed by atoms with Crippen LogP contribution in [-0.2, 0) is 37.6 Å². The monoisotopic (exact) mass is 486 g/mol. The van der Waals surface area contributed by atoms with Gasteiger partial charge in [-0.05, 0) is 103 Å². The van der Waals surface area contributed by atoms with Gasteiger partial charge in [-0.1, -0.05) is 19.9 Å². The molecular formula is C22H34N2O6S2. The van der Waals surface area contributed by atoms with E-state index in [4.69, 9.17) is 18.6 Å². The Balaban J connectivity index is 1.55. The number of hydrogen-bond acceptors (Lipinski definition) is 6. The van der Waals surface area contributed by atoms with Crippen LogP contribution >= 0.6 is 0 Å². The predicted molar refractivity (Wildman–Crippen MR) is 121 cm³/mol. The summed E-state index contributed by atoms with van der Waals surface area (Å²) in [6.45, 7) is 4.51. The summed E-state index contributed by atoms with van der Waals surface area (Å²) in [4.78, 5) is 0. The maximum absolute atomic E-state index is 11.5. The molecule has 180 valence electrons. The standard InChI is InChI=1S/C22H34N2O6S2/c1-3-14-12-19-15(13-21(14)30-32(24,27)28)4-6-18-17(19)8-10-22(2)16(5-7-20(18)22)9-11-29-31(23,25)26/h12-13,16-18,20H,3-11H2,1-2H3,(H2,23,25,26)(H2,24,27,28)/t16-,17?,18?,20?,22-/m1/s1. The molecule has 3 unspecified atom stereocenters. The summed E-state index contributed by atoms with van der Waals surface area (Å²) in [5, 5.41) is 10.1. The lowest BCUT2D eigenvalue weighted by atomic mass is 9.54. The average molecular weight is 487 g/mol. The van der Waals surface area contributed by atoms with Crippen molar-refractivity contribution < 1.29 is 25.2 Å². The van der Waals surface area contributed by atoms with E-state index in [-0.39, 0.29) is 12.0 Å². The normalized spacial score (nSPS) is 32.1. The van der Waals surface area contributed by atoms with Gasteiger partial charge in [-0.3, -0.25) is 4.18 Å². The van der Waals surface area contributed by atoms with E-state index in [1.54, 1.807) is 0 Å². The largest absolute Gasteiger partial charge is 0.380 e. The number of aryl methyl sites for hydroxylation is 2. The Labute approximate surface area is 191 Å². The highest BCUT2D eigenvalue weighted by atomic mass is 32.2. The summed E-state index contributed by atoms with van der Waals surface area (Å²) in [7, 11) is -7.95. The lowest BCUT2D eigenvalue weighted by Gasteiger charge is -2.51. The second-order valence-corrected chi connectivity index (χ2v) is 12.3. The summed E-state index contributed by atoms with van der Waals surface area (Å²) in [6, 6.07) is 4.02. The van der Waals surface area contributed by atoms with E-state index in [0.717, 1.165) is 44.1 Å². The number of fused-ring (bicyclic) bond motifs is 5. The van der Waals surface area contributed by atoms with Crippen molar-refractivity contribution in [2.24, 2.45) is 33.4 Å². The van der Waals surface area contributed by atoms with Gasteiger partial charge in [0.05, 0.1) is 6.61 Å². The molecule has 0 aromatic heterocycles. The van der Waals surface area contributed by atoms with E-state index in [1.165, 1.54) is 11.1 Å². The molecule has 4 rings (SSSR count). The van der Waals surface area contributed by atoms with Crippen molar-refractivity contribution in [2.75, 3.05) is 6.61 Å². The van der Waals surface area contributed by atoms with Gasteiger partial charge >= 0.3 is 20.6 Å². The van der Waals surface area contributed by atoms with Gasteiger partial charge in [0.1, 0.15) is 5.75 Å². The molecule has 3 aliphatic carbocycles. The number of benzene rings is 1. The summed E-state index contributed by atoms with van der Waals surface area (Å²) < 4.78 is 55.1. The molecule has 1 aromatic rings. The highest BCUT2D eigenvalue weighted by molar-refractivity contribution is 7.84. The van der Waals surface area contributed by atoms with Crippen LogP contribution < -0.4 is 14.5 Å². The fraction of sp³-hybridized carbons (Fsp3) is 0.727. The minimum absolute atomic E-state index is 0.148. The summed E-state index contributed by atoms with van der Waals surface area (Å²) in [5.74, 6) is 2.43. The van der Waals surface area contributed by atoms with Crippen LogP contribution in [0.4, 0.5) is 0 Å². The van der Waals surface area contributed by atoms with E-state index in [0.29, 0.717) is 42.3 Å². The second-order valence-electron chi connectivity index (χ2n) is 9.93. The van der Waals surface area contributed by atoms with Crippen molar-refractivity contribution in [1.82, 2.24) is 0 Å². The molecule has 8 nitrogen and oxygen atoms in total. The molecule has 0 bridgehead atoms. The third-order valence-corrected chi connectivity index (χ3v) is 9.31. The highest BCUT2D eigenvalue weighted by Crippen LogP contribution is 2.63. The average Bonchev–Trinajstić information content (AvgIpc) is 3.01. The molecule has 0 radical (unpaired) electrons. The van der Waals surface area contributed by atoms with Crippen molar-refractivity contribution in [2.45, 2.75) is 71.1 Å². The molecule has 0 saturated heterocycles. The molecule has 32 heavy (non-hydrogen) atoms. The highest BCUT2D eigenvalue weighted by Gasteiger charge is 2.54. The zero-order chi connectivity index (χ0) is 23.3. The van der Waals surface area contributed by atoms with Gasteiger partial charge in [-0.15, -0.1) is 0 Å². The lowest BCUT2D eigenvalue weighted by molar-refractivity contribution is 0.0222. The topological polar surface area (TPSA) is 139 Å². The van der Waals surface area contributed by atoms with Gasteiger partial charge < -0.3 is 4.18 Å². The summed E-state index contributed by atoms with van der Waals surface area (Å²) >= 11 is 0. The van der Waals surface area contributed by atoms with Crippen LogP contribution in [0.15, 0.2) is 12.1 Å². The molecule has 2 saturated carbocycles. The zero-order valence-electron chi connectivity index (χ0n) is 18.7. The van der Waals surface area contributed by atoms with Crippen LogP contribution in [-0.4, -0.2) is 23.4 Å². The molecule has 2 fully saturated rings. The quantitative estimate of drug-likeness (QED) is 0.607. The molecule has 4 N–H and O–H groups in total. The predicted octanol–water partition coefficient (Wildman–Crippen LogP) is 2.91. The van der Waals surface area contributed by atoms with Crippen LogP contribution in [0.5, 0.6) is 5.75 Å². The molecule has 0 aliphatic heterocycles. The van der Waals surface area contributed by atoms with Gasteiger partial charge in [0.2, 0.25) is 0 Å². The Morgan fingerprint density at radius 2 is 1.81 bits per heavy atom. The first kappa shape index (κ1) is 23.9. The molecule has 0 heterocycles. The third kappa shape index (κ3) is 4.70. The molecule has 3 aliphatic rings. The zero-order valence-corrected chi connectivity index (χ0v) is 20.4.